The van der Waals surface area contributed by atoms with E-state index in [4.69, 9.17) is 0 Å². The zero-order chi connectivity index (χ0) is 17.1. The Bertz CT molecular complexity index is 754. The molecule has 2 aromatic rings. The monoisotopic (exact) mass is 323 g/mol. The first-order valence-electron chi connectivity index (χ1n) is 8.11. The SMILES string of the molecule is Cc1nnc(N(C)C2CCCN(c3cccnn3)C2)c(C#N)c1C. The molecule has 7 heteroatoms. The van der Waals surface area contributed by atoms with Gasteiger partial charge in [-0.1, -0.05) is 0 Å². The minimum atomic E-state index is 0.254. The molecule has 0 bridgehead atoms. The van der Waals surface area contributed by atoms with E-state index in [1.165, 1.54) is 0 Å². The molecule has 0 N–H and O–H groups in total. The minimum Gasteiger partial charge on any atom is -0.353 e. The van der Waals surface area contributed by atoms with Crippen molar-refractivity contribution < 1.29 is 0 Å². The van der Waals surface area contributed by atoms with Gasteiger partial charge in [-0.25, -0.2) is 0 Å². The molecule has 1 fully saturated rings. The molecule has 1 unspecified atom stereocenters. The number of nitriles is 1. The number of nitrogens with zero attached hydrogens (tertiary/aromatic N) is 7. The van der Waals surface area contributed by atoms with Gasteiger partial charge in [0, 0.05) is 32.4 Å². The zero-order valence-corrected chi connectivity index (χ0v) is 14.3. The van der Waals surface area contributed by atoms with Crippen LogP contribution in [0.4, 0.5) is 11.6 Å². The molecular weight excluding hydrogens is 302 g/mol. The third-order valence-corrected chi connectivity index (χ3v) is 4.71. The number of piperidine rings is 1. The molecule has 0 spiro atoms. The molecule has 0 saturated carbocycles. The maximum atomic E-state index is 9.53. The van der Waals surface area contributed by atoms with E-state index in [9.17, 15) is 5.26 Å². The smallest absolute Gasteiger partial charge is 0.169 e. The summed E-state index contributed by atoms with van der Waals surface area (Å²) in [6.07, 6.45) is 3.79. The predicted molar refractivity (Wildman–Crippen MR) is 91.9 cm³/mol. The van der Waals surface area contributed by atoms with Crippen molar-refractivity contribution >= 4 is 11.6 Å². The summed E-state index contributed by atoms with van der Waals surface area (Å²) in [5, 5.41) is 26.2. The second kappa shape index (κ2) is 6.79. The molecule has 24 heavy (non-hydrogen) atoms. The summed E-state index contributed by atoms with van der Waals surface area (Å²) >= 11 is 0. The van der Waals surface area contributed by atoms with Crippen molar-refractivity contribution in [2.24, 2.45) is 0 Å². The summed E-state index contributed by atoms with van der Waals surface area (Å²) in [5.41, 5.74) is 2.31. The van der Waals surface area contributed by atoms with Crippen LogP contribution in [0.3, 0.4) is 0 Å². The summed E-state index contributed by atoms with van der Waals surface area (Å²) in [5.74, 6) is 1.55. The van der Waals surface area contributed by atoms with Crippen molar-refractivity contribution in [1.82, 2.24) is 20.4 Å². The molecule has 1 saturated heterocycles. The van der Waals surface area contributed by atoms with Crippen LogP contribution in [0.2, 0.25) is 0 Å². The lowest BCUT2D eigenvalue weighted by atomic mass is 10.0. The Labute approximate surface area is 141 Å². The maximum absolute atomic E-state index is 9.53. The molecule has 124 valence electrons. The van der Waals surface area contributed by atoms with Gasteiger partial charge in [0.05, 0.1) is 5.69 Å². The Morgan fingerprint density at radius 3 is 2.83 bits per heavy atom. The third-order valence-electron chi connectivity index (χ3n) is 4.71. The summed E-state index contributed by atoms with van der Waals surface area (Å²) in [6.45, 7) is 5.59. The zero-order valence-electron chi connectivity index (χ0n) is 14.3. The van der Waals surface area contributed by atoms with Gasteiger partial charge in [-0.3, -0.25) is 0 Å². The molecule has 3 heterocycles. The Morgan fingerprint density at radius 1 is 1.29 bits per heavy atom. The van der Waals surface area contributed by atoms with E-state index in [1.54, 1.807) is 6.20 Å². The van der Waals surface area contributed by atoms with Crippen molar-refractivity contribution in [1.29, 1.82) is 5.26 Å². The van der Waals surface area contributed by atoms with Crippen LogP contribution >= 0.6 is 0 Å². The Morgan fingerprint density at radius 2 is 2.12 bits per heavy atom. The molecule has 1 aliphatic heterocycles. The third kappa shape index (κ3) is 3.00. The fourth-order valence-corrected chi connectivity index (χ4v) is 3.09. The predicted octanol–water partition coefficient (Wildman–Crippen LogP) is 1.86. The molecule has 7 nitrogen and oxygen atoms in total. The first-order valence-corrected chi connectivity index (χ1v) is 8.11. The largest absolute Gasteiger partial charge is 0.353 e. The highest BCUT2D eigenvalue weighted by Gasteiger charge is 2.27. The number of rotatable bonds is 3. The van der Waals surface area contributed by atoms with E-state index in [1.807, 2.05) is 33.0 Å². The highest BCUT2D eigenvalue weighted by Crippen LogP contribution is 2.26. The molecule has 2 aromatic heterocycles. The van der Waals surface area contributed by atoms with Crippen molar-refractivity contribution in [2.45, 2.75) is 32.7 Å². The lowest BCUT2D eigenvalue weighted by molar-refractivity contribution is 0.481. The number of aryl methyl sites for hydroxylation is 1. The number of aromatic nitrogens is 4. The van der Waals surface area contributed by atoms with Crippen molar-refractivity contribution in [3.05, 3.63) is 35.2 Å². The first-order chi connectivity index (χ1) is 11.6. The van der Waals surface area contributed by atoms with Gasteiger partial charge in [0.2, 0.25) is 0 Å². The summed E-state index contributed by atoms with van der Waals surface area (Å²) in [4.78, 5) is 4.32. The molecule has 0 amide bonds. The molecule has 0 aliphatic carbocycles. The van der Waals surface area contributed by atoms with E-state index < -0.39 is 0 Å². The summed E-state index contributed by atoms with van der Waals surface area (Å²) < 4.78 is 0. The van der Waals surface area contributed by atoms with Gasteiger partial charge in [-0.15, -0.1) is 10.2 Å². The second-order valence-corrected chi connectivity index (χ2v) is 6.16. The van der Waals surface area contributed by atoms with E-state index in [0.29, 0.717) is 11.4 Å². The van der Waals surface area contributed by atoms with Gasteiger partial charge in [-0.05, 0) is 44.4 Å². The highest BCUT2D eigenvalue weighted by atomic mass is 15.3. The van der Waals surface area contributed by atoms with Crippen LogP contribution < -0.4 is 9.80 Å². The molecule has 3 rings (SSSR count). The molecule has 0 radical (unpaired) electrons. The van der Waals surface area contributed by atoms with Gasteiger partial charge in [0.25, 0.3) is 0 Å². The quantitative estimate of drug-likeness (QED) is 0.852. The van der Waals surface area contributed by atoms with Crippen LogP contribution in [-0.4, -0.2) is 46.6 Å². The summed E-state index contributed by atoms with van der Waals surface area (Å²) in [6, 6.07) is 6.42. The van der Waals surface area contributed by atoms with Crippen molar-refractivity contribution in [3.63, 3.8) is 0 Å². The Hall–Kier alpha value is -2.75. The lowest BCUT2D eigenvalue weighted by Crippen LogP contribution is -2.47. The van der Waals surface area contributed by atoms with Crippen LogP contribution in [0.5, 0.6) is 0 Å². The number of anilines is 2. The highest BCUT2D eigenvalue weighted by molar-refractivity contribution is 5.58. The van der Waals surface area contributed by atoms with Gasteiger partial charge in [0.15, 0.2) is 11.6 Å². The van der Waals surface area contributed by atoms with Crippen molar-refractivity contribution in [3.8, 4) is 6.07 Å². The van der Waals surface area contributed by atoms with Gasteiger partial charge in [0.1, 0.15) is 11.6 Å². The lowest BCUT2D eigenvalue weighted by Gasteiger charge is -2.38. The van der Waals surface area contributed by atoms with Crippen LogP contribution in [0.15, 0.2) is 18.3 Å². The number of likely N-dealkylation sites (N-methyl/N-ethyl adjacent to an activating group) is 1. The van der Waals surface area contributed by atoms with Gasteiger partial charge >= 0.3 is 0 Å². The average molecular weight is 323 g/mol. The molecular formula is C17H21N7. The van der Waals surface area contributed by atoms with E-state index in [-0.39, 0.29) is 6.04 Å². The Kier molecular flexibility index (Phi) is 4.56. The van der Waals surface area contributed by atoms with Crippen LogP contribution in [0.25, 0.3) is 0 Å². The average Bonchev–Trinajstić information content (AvgIpc) is 2.64. The first kappa shape index (κ1) is 16.1. The standard InChI is InChI=1S/C17H21N7/c1-12-13(2)20-22-17(15(12)10-18)23(3)14-6-5-9-24(11-14)16-7-4-8-19-21-16/h4,7-8,14H,5-6,9,11H2,1-3H3. The van der Waals surface area contributed by atoms with Crippen LogP contribution in [-0.2, 0) is 0 Å². The number of hydrogen-bond acceptors (Lipinski definition) is 7. The van der Waals surface area contributed by atoms with E-state index in [0.717, 1.165) is 43.0 Å². The van der Waals surface area contributed by atoms with Gasteiger partial charge in [-0.2, -0.15) is 15.5 Å². The van der Waals surface area contributed by atoms with E-state index in [2.05, 4.69) is 36.3 Å². The van der Waals surface area contributed by atoms with Crippen LogP contribution in [0.1, 0.15) is 29.7 Å². The Balaban J connectivity index is 1.84. The summed E-state index contributed by atoms with van der Waals surface area (Å²) in [7, 11) is 1.99. The van der Waals surface area contributed by atoms with E-state index >= 15 is 0 Å². The molecule has 1 atom stereocenters. The van der Waals surface area contributed by atoms with Crippen LogP contribution in [0, 0.1) is 25.2 Å². The second-order valence-electron chi connectivity index (χ2n) is 6.16. The maximum Gasteiger partial charge on any atom is 0.169 e. The fraction of sp³-hybridized carbons (Fsp3) is 0.471. The molecule has 1 aliphatic rings. The van der Waals surface area contributed by atoms with Gasteiger partial charge < -0.3 is 9.80 Å². The normalized spacial score (nSPS) is 17.4. The fourth-order valence-electron chi connectivity index (χ4n) is 3.09. The topological polar surface area (TPSA) is 81.8 Å². The van der Waals surface area contributed by atoms with Crippen molar-refractivity contribution in [2.75, 3.05) is 29.9 Å². The molecule has 0 aromatic carbocycles. The number of hydrogen-bond donors (Lipinski definition) is 0. The minimum absolute atomic E-state index is 0.254.